The number of aromatic nitrogens is 3. The van der Waals surface area contributed by atoms with Crippen LogP contribution in [0.1, 0.15) is 24.0 Å². The average Bonchev–Trinajstić information content (AvgIpc) is 3.33. The first-order valence-corrected chi connectivity index (χ1v) is 9.64. The van der Waals surface area contributed by atoms with E-state index in [4.69, 9.17) is 10.5 Å². The number of H-pyrrole nitrogens is 2. The van der Waals surface area contributed by atoms with Crippen LogP contribution in [0, 0.1) is 0 Å². The summed E-state index contributed by atoms with van der Waals surface area (Å²) in [6.45, 7) is 2.29. The van der Waals surface area contributed by atoms with E-state index in [0.717, 1.165) is 30.5 Å². The fraction of sp³-hybridized carbons (Fsp3) is 0.350. The van der Waals surface area contributed by atoms with Crippen molar-refractivity contribution in [3.05, 3.63) is 58.0 Å². The highest BCUT2D eigenvalue weighted by Crippen LogP contribution is 2.22. The molecule has 1 aliphatic rings. The quantitative estimate of drug-likeness (QED) is 0.502. The number of anilines is 1. The molecule has 0 unspecified atom stereocenters. The molecule has 1 atom stereocenters. The lowest BCUT2D eigenvalue weighted by atomic mass is 10.2. The Morgan fingerprint density at radius 3 is 3.00 bits per heavy atom. The molecule has 1 aromatic carbocycles. The number of fused-ring (bicyclic) bond motifs is 1. The zero-order valence-corrected chi connectivity index (χ0v) is 16.0. The number of hydrogen-bond donors (Lipinski definition) is 4. The molecule has 1 fully saturated rings. The summed E-state index contributed by atoms with van der Waals surface area (Å²) in [5.74, 6) is 0.101. The van der Waals surface area contributed by atoms with E-state index in [-0.39, 0.29) is 24.2 Å². The van der Waals surface area contributed by atoms with Crippen LogP contribution in [-0.4, -0.2) is 45.1 Å². The van der Waals surface area contributed by atoms with Crippen molar-refractivity contribution < 1.29 is 9.53 Å². The Labute approximate surface area is 167 Å². The molecule has 1 amide bonds. The molecule has 29 heavy (non-hydrogen) atoms. The lowest BCUT2D eigenvalue weighted by Crippen LogP contribution is -2.40. The first-order valence-electron chi connectivity index (χ1n) is 9.64. The molecular weight excluding hydrogens is 372 g/mol. The Bertz CT molecular complexity index is 1050. The van der Waals surface area contributed by atoms with E-state index in [0.29, 0.717) is 24.1 Å². The topological polar surface area (TPSA) is 129 Å². The van der Waals surface area contributed by atoms with E-state index in [2.05, 4.69) is 25.2 Å². The molecule has 5 N–H and O–H groups in total. The summed E-state index contributed by atoms with van der Waals surface area (Å²) in [7, 11) is 0. The molecule has 3 heterocycles. The number of nitrogens with two attached hydrogens (primary N) is 1. The molecule has 0 bridgehead atoms. The maximum atomic E-state index is 12.0. The van der Waals surface area contributed by atoms with Gasteiger partial charge in [0, 0.05) is 30.9 Å². The molecule has 4 rings (SSSR count). The smallest absolute Gasteiger partial charge is 0.407 e. The van der Waals surface area contributed by atoms with Gasteiger partial charge in [-0.3, -0.25) is 14.7 Å². The lowest BCUT2D eigenvalue weighted by Gasteiger charge is -2.24. The second-order valence-electron chi connectivity index (χ2n) is 7.20. The van der Waals surface area contributed by atoms with Crippen LogP contribution in [0.5, 0.6) is 0 Å². The van der Waals surface area contributed by atoms with Gasteiger partial charge < -0.3 is 20.8 Å². The predicted molar refractivity (Wildman–Crippen MR) is 109 cm³/mol. The minimum absolute atomic E-state index is 0.101. The van der Waals surface area contributed by atoms with Crippen LogP contribution >= 0.6 is 0 Å². The number of carbonyl (C=O) groups excluding carboxylic acids is 1. The van der Waals surface area contributed by atoms with E-state index in [1.54, 1.807) is 6.20 Å². The summed E-state index contributed by atoms with van der Waals surface area (Å²) < 4.78 is 5.28. The standard InChI is InChI=1S/C20H24N6O3/c21-19-24-16-14(9-22-17(16)18(27)25-19)11-26-8-4-7-15(26)10-23-20(28)29-12-13-5-2-1-3-6-13/h1-3,5-6,9,15,22H,4,7-8,10-12H2,(H,23,28)(H3,21,24,25,27)/t15-/m0/s1. The van der Waals surface area contributed by atoms with Gasteiger partial charge in [-0.2, -0.15) is 0 Å². The van der Waals surface area contributed by atoms with E-state index in [1.807, 2.05) is 30.3 Å². The number of ether oxygens (including phenoxy) is 1. The molecule has 152 valence electrons. The number of amides is 1. The minimum atomic E-state index is -0.422. The Morgan fingerprint density at radius 1 is 1.34 bits per heavy atom. The van der Waals surface area contributed by atoms with Gasteiger partial charge in [0.15, 0.2) is 0 Å². The third kappa shape index (κ3) is 4.40. The highest BCUT2D eigenvalue weighted by Gasteiger charge is 2.26. The largest absolute Gasteiger partial charge is 0.445 e. The fourth-order valence-electron chi connectivity index (χ4n) is 3.73. The molecule has 0 spiro atoms. The van der Waals surface area contributed by atoms with Gasteiger partial charge in [0.25, 0.3) is 5.56 Å². The van der Waals surface area contributed by atoms with E-state index in [1.165, 1.54) is 0 Å². The molecule has 0 saturated carbocycles. The highest BCUT2D eigenvalue weighted by atomic mass is 16.5. The number of aromatic amines is 2. The molecule has 0 aliphatic carbocycles. The number of nitrogen functional groups attached to an aromatic ring is 1. The third-order valence-corrected chi connectivity index (χ3v) is 5.20. The normalized spacial score (nSPS) is 16.9. The maximum Gasteiger partial charge on any atom is 0.407 e. The van der Waals surface area contributed by atoms with Crippen LogP contribution in [0.3, 0.4) is 0 Å². The van der Waals surface area contributed by atoms with Gasteiger partial charge in [0.2, 0.25) is 5.95 Å². The number of nitrogens with one attached hydrogen (secondary N) is 3. The van der Waals surface area contributed by atoms with E-state index in [9.17, 15) is 9.59 Å². The van der Waals surface area contributed by atoms with Gasteiger partial charge in [-0.1, -0.05) is 30.3 Å². The number of carbonyl (C=O) groups is 1. The van der Waals surface area contributed by atoms with E-state index >= 15 is 0 Å². The van der Waals surface area contributed by atoms with Gasteiger partial charge >= 0.3 is 6.09 Å². The van der Waals surface area contributed by atoms with Crippen molar-refractivity contribution in [2.45, 2.75) is 32.0 Å². The number of alkyl carbamates (subject to hydrolysis) is 1. The van der Waals surface area contributed by atoms with Crippen LogP contribution in [0.4, 0.5) is 10.7 Å². The molecule has 2 aromatic heterocycles. The number of likely N-dealkylation sites (tertiary alicyclic amines) is 1. The Morgan fingerprint density at radius 2 is 2.17 bits per heavy atom. The summed E-state index contributed by atoms with van der Waals surface area (Å²) in [6, 6.07) is 9.77. The maximum absolute atomic E-state index is 12.0. The van der Waals surface area contributed by atoms with Crippen LogP contribution in [0.25, 0.3) is 11.0 Å². The summed E-state index contributed by atoms with van der Waals surface area (Å²) >= 11 is 0. The summed E-state index contributed by atoms with van der Waals surface area (Å²) in [5, 5.41) is 2.86. The van der Waals surface area contributed by atoms with Gasteiger partial charge in [-0.25, -0.2) is 9.78 Å². The molecule has 0 radical (unpaired) electrons. The minimum Gasteiger partial charge on any atom is -0.445 e. The lowest BCUT2D eigenvalue weighted by molar-refractivity contribution is 0.135. The highest BCUT2D eigenvalue weighted by molar-refractivity contribution is 5.78. The predicted octanol–water partition coefficient (Wildman–Crippen LogP) is 1.72. The summed E-state index contributed by atoms with van der Waals surface area (Å²) in [4.78, 5) is 36.0. The van der Waals surface area contributed by atoms with Gasteiger partial charge in [0.05, 0.1) is 0 Å². The van der Waals surface area contributed by atoms with Crippen molar-refractivity contribution in [3.8, 4) is 0 Å². The zero-order chi connectivity index (χ0) is 20.2. The van der Waals surface area contributed by atoms with Crippen molar-refractivity contribution in [2.24, 2.45) is 0 Å². The summed E-state index contributed by atoms with van der Waals surface area (Å²) in [5.41, 5.74) is 8.28. The molecular formula is C20H24N6O3. The van der Waals surface area contributed by atoms with Crippen LogP contribution in [-0.2, 0) is 17.9 Å². The summed E-state index contributed by atoms with van der Waals surface area (Å²) in [6.07, 6.45) is 3.40. The van der Waals surface area contributed by atoms with Crippen LogP contribution < -0.4 is 16.6 Å². The number of hydrogen-bond acceptors (Lipinski definition) is 6. The number of benzene rings is 1. The van der Waals surface area contributed by atoms with Gasteiger partial charge in [-0.05, 0) is 24.9 Å². The fourth-order valence-corrected chi connectivity index (χ4v) is 3.73. The first-order chi connectivity index (χ1) is 14.1. The number of nitrogens with zero attached hydrogens (tertiary/aromatic N) is 2. The second-order valence-corrected chi connectivity index (χ2v) is 7.20. The molecule has 9 nitrogen and oxygen atoms in total. The van der Waals surface area contributed by atoms with Crippen LogP contribution in [0.15, 0.2) is 41.3 Å². The van der Waals surface area contributed by atoms with Gasteiger partial charge in [-0.15, -0.1) is 0 Å². The van der Waals surface area contributed by atoms with Crippen LogP contribution in [0.2, 0.25) is 0 Å². The van der Waals surface area contributed by atoms with Crippen molar-refractivity contribution >= 4 is 23.1 Å². The Balaban J connectivity index is 1.34. The Kier molecular flexibility index (Phi) is 5.48. The van der Waals surface area contributed by atoms with Crippen molar-refractivity contribution in [1.82, 2.24) is 25.2 Å². The van der Waals surface area contributed by atoms with E-state index < -0.39 is 6.09 Å². The second kappa shape index (κ2) is 8.36. The molecule has 3 aromatic rings. The molecule has 9 heteroatoms. The number of rotatable bonds is 6. The Hall–Kier alpha value is -3.33. The van der Waals surface area contributed by atoms with Crippen molar-refractivity contribution in [1.29, 1.82) is 0 Å². The SMILES string of the molecule is Nc1nc2c(CN3CCC[C@H]3CNC(=O)OCc3ccccc3)c[nH]c2c(=O)[nH]1. The van der Waals surface area contributed by atoms with Crippen molar-refractivity contribution in [2.75, 3.05) is 18.8 Å². The molecule has 1 aliphatic heterocycles. The zero-order valence-electron chi connectivity index (χ0n) is 16.0. The van der Waals surface area contributed by atoms with Gasteiger partial charge in [0.1, 0.15) is 17.6 Å². The average molecular weight is 396 g/mol. The first kappa shape index (κ1) is 19.0. The van der Waals surface area contributed by atoms with Crippen molar-refractivity contribution in [3.63, 3.8) is 0 Å². The molecule has 1 saturated heterocycles. The third-order valence-electron chi connectivity index (χ3n) is 5.20. The monoisotopic (exact) mass is 396 g/mol.